The first-order valence-electron chi connectivity index (χ1n) is 6.22. The number of nitrogens with zero attached hydrogens (tertiary/aromatic N) is 1. The molecule has 22 heavy (non-hydrogen) atoms. The number of nitro groups is 1. The van der Waals surface area contributed by atoms with Crippen molar-refractivity contribution in [3.63, 3.8) is 0 Å². The highest BCUT2D eigenvalue weighted by molar-refractivity contribution is 9.10. The van der Waals surface area contributed by atoms with Crippen molar-refractivity contribution in [2.45, 2.75) is 0 Å². The predicted molar refractivity (Wildman–Crippen MR) is 88.7 cm³/mol. The average molecular weight is 380 g/mol. The lowest BCUT2D eigenvalue weighted by Gasteiger charge is -2.01. The van der Waals surface area contributed by atoms with Crippen molar-refractivity contribution < 1.29 is 9.72 Å². The summed E-state index contributed by atoms with van der Waals surface area (Å²) in [6.07, 6.45) is 1.68. The molecule has 0 aliphatic carbocycles. The number of nitrogens with one attached hydrogen (secondary N) is 1. The van der Waals surface area contributed by atoms with Crippen LogP contribution >= 0.6 is 27.5 Å². The largest absolute Gasteiger partial charge is 0.321 e. The van der Waals surface area contributed by atoms with Crippen LogP contribution in [0, 0.1) is 10.1 Å². The minimum absolute atomic E-state index is 0.00671. The highest BCUT2D eigenvalue weighted by Crippen LogP contribution is 2.39. The van der Waals surface area contributed by atoms with Crippen molar-refractivity contribution in [1.29, 1.82) is 0 Å². The first kappa shape index (κ1) is 14.7. The van der Waals surface area contributed by atoms with Crippen LogP contribution in [0.5, 0.6) is 0 Å². The molecule has 1 aliphatic rings. The Balaban J connectivity index is 2.15. The van der Waals surface area contributed by atoms with E-state index in [2.05, 4.69) is 21.2 Å². The molecule has 0 atom stereocenters. The number of hydrogen-bond donors (Lipinski definition) is 1. The number of benzene rings is 2. The summed E-state index contributed by atoms with van der Waals surface area (Å²) in [5, 5.41) is 13.7. The summed E-state index contributed by atoms with van der Waals surface area (Å²) in [7, 11) is 0. The Hall–Kier alpha value is -2.18. The Morgan fingerprint density at radius 1 is 1.27 bits per heavy atom. The summed E-state index contributed by atoms with van der Waals surface area (Å²) in [4.78, 5) is 22.5. The number of amides is 1. The number of hydrogen-bond acceptors (Lipinski definition) is 3. The topological polar surface area (TPSA) is 72.2 Å². The Morgan fingerprint density at radius 2 is 2.05 bits per heavy atom. The van der Waals surface area contributed by atoms with Gasteiger partial charge in [-0.2, -0.15) is 0 Å². The molecule has 0 unspecified atom stereocenters. The molecule has 110 valence electrons. The molecule has 1 N–H and O–H groups in total. The molecule has 0 bridgehead atoms. The molecular weight excluding hydrogens is 372 g/mol. The molecule has 0 saturated heterocycles. The Morgan fingerprint density at radius 3 is 2.73 bits per heavy atom. The van der Waals surface area contributed by atoms with Gasteiger partial charge in [-0.1, -0.05) is 39.7 Å². The number of carbonyl (C=O) groups is 1. The van der Waals surface area contributed by atoms with E-state index in [1.165, 1.54) is 12.1 Å². The van der Waals surface area contributed by atoms with Gasteiger partial charge in [-0.25, -0.2) is 0 Å². The van der Waals surface area contributed by atoms with E-state index in [0.29, 0.717) is 16.8 Å². The zero-order chi connectivity index (χ0) is 15.9. The number of rotatable bonds is 2. The van der Waals surface area contributed by atoms with Gasteiger partial charge in [0.1, 0.15) is 5.02 Å². The van der Waals surface area contributed by atoms with E-state index < -0.39 is 4.92 Å². The first-order chi connectivity index (χ1) is 10.5. The molecule has 2 aromatic carbocycles. The third kappa shape index (κ3) is 2.63. The maximum absolute atomic E-state index is 12.1. The zero-order valence-corrected chi connectivity index (χ0v) is 13.3. The van der Waals surface area contributed by atoms with E-state index >= 15 is 0 Å². The summed E-state index contributed by atoms with van der Waals surface area (Å²) in [5.74, 6) is -0.313. The van der Waals surface area contributed by atoms with Crippen molar-refractivity contribution in [2.75, 3.05) is 5.32 Å². The van der Waals surface area contributed by atoms with Crippen LogP contribution in [0.3, 0.4) is 0 Å². The molecule has 3 rings (SSSR count). The number of halogens is 2. The maximum Gasteiger partial charge on any atom is 0.288 e. The van der Waals surface area contributed by atoms with Crippen LogP contribution in [0.25, 0.3) is 11.6 Å². The summed E-state index contributed by atoms with van der Waals surface area (Å²) in [6.45, 7) is 0. The third-order valence-corrected chi connectivity index (χ3v) is 4.02. The fraction of sp³-hybridized carbons (Fsp3) is 0. The van der Waals surface area contributed by atoms with Gasteiger partial charge in [0.2, 0.25) is 0 Å². The standard InChI is InChI=1S/C15H8BrClN2O3/c16-9-3-1-2-8(4-9)5-11-10-6-14(19(21)22)12(17)7-13(10)18-15(11)20/h1-7H,(H,18,20)/b11-5-. The van der Waals surface area contributed by atoms with Crippen LogP contribution in [-0.2, 0) is 4.79 Å². The Bertz CT molecular complexity index is 849. The van der Waals surface area contributed by atoms with Crippen LogP contribution in [0.2, 0.25) is 5.02 Å². The minimum Gasteiger partial charge on any atom is -0.321 e. The van der Waals surface area contributed by atoms with Gasteiger partial charge < -0.3 is 5.32 Å². The lowest BCUT2D eigenvalue weighted by Crippen LogP contribution is -2.03. The number of carbonyl (C=O) groups excluding carboxylic acids is 1. The lowest BCUT2D eigenvalue weighted by molar-refractivity contribution is -0.384. The zero-order valence-electron chi connectivity index (χ0n) is 11.0. The first-order valence-corrected chi connectivity index (χ1v) is 7.40. The number of fused-ring (bicyclic) bond motifs is 1. The predicted octanol–water partition coefficient (Wildman–Crippen LogP) is 4.50. The van der Waals surface area contributed by atoms with Crippen molar-refractivity contribution >= 4 is 56.5 Å². The van der Waals surface area contributed by atoms with E-state index in [-0.39, 0.29) is 16.6 Å². The van der Waals surface area contributed by atoms with Crippen LogP contribution in [-0.4, -0.2) is 10.8 Å². The van der Waals surface area contributed by atoms with Crippen molar-refractivity contribution in [3.8, 4) is 0 Å². The van der Waals surface area contributed by atoms with Gasteiger partial charge in [0.05, 0.1) is 10.6 Å². The van der Waals surface area contributed by atoms with Gasteiger partial charge in [0.25, 0.3) is 11.6 Å². The summed E-state index contributed by atoms with van der Waals surface area (Å²) < 4.78 is 0.877. The van der Waals surface area contributed by atoms with Crippen molar-refractivity contribution in [3.05, 3.63) is 67.1 Å². The van der Waals surface area contributed by atoms with Crippen LogP contribution in [0.4, 0.5) is 11.4 Å². The molecule has 2 aromatic rings. The molecular formula is C15H8BrClN2O3. The Labute approximate surface area is 138 Å². The highest BCUT2D eigenvalue weighted by atomic mass is 79.9. The van der Waals surface area contributed by atoms with Gasteiger partial charge in [0, 0.05) is 21.7 Å². The fourth-order valence-electron chi connectivity index (χ4n) is 2.25. The lowest BCUT2D eigenvalue weighted by atomic mass is 10.0. The average Bonchev–Trinajstić information content (AvgIpc) is 2.73. The highest BCUT2D eigenvalue weighted by Gasteiger charge is 2.28. The number of nitro benzene ring substituents is 1. The normalized spacial score (nSPS) is 14.8. The molecule has 1 amide bonds. The summed E-state index contributed by atoms with van der Waals surface area (Å²) in [6, 6.07) is 10.1. The van der Waals surface area contributed by atoms with E-state index in [0.717, 1.165) is 10.0 Å². The molecule has 1 aliphatic heterocycles. The second kappa shape index (κ2) is 5.55. The van der Waals surface area contributed by atoms with Gasteiger partial charge in [-0.15, -0.1) is 0 Å². The fourth-order valence-corrected chi connectivity index (χ4v) is 2.90. The van der Waals surface area contributed by atoms with Crippen LogP contribution < -0.4 is 5.32 Å². The van der Waals surface area contributed by atoms with E-state index in [1.807, 2.05) is 24.3 Å². The summed E-state index contributed by atoms with van der Waals surface area (Å²) >= 11 is 9.22. The van der Waals surface area contributed by atoms with Gasteiger partial charge in [-0.3, -0.25) is 14.9 Å². The van der Waals surface area contributed by atoms with E-state index in [9.17, 15) is 14.9 Å². The van der Waals surface area contributed by atoms with Gasteiger partial charge >= 0.3 is 0 Å². The monoisotopic (exact) mass is 378 g/mol. The van der Waals surface area contributed by atoms with Gasteiger partial charge in [-0.05, 0) is 29.8 Å². The maximum atomic E-state index is 12.1. The Kier molecular flexibility index (Phi) is 3.72. The van der Waals surface area contributed by atoms with E-state index in [4.69, 9.17) is 11.6 Å². The molecule has 0 radical (unpaired) electrons. The third-order valence-electron chi connectivity index (χ3n) is 3.23. The van der Waals surface area contributed by atoms with Crippen molar-refractivity contribution in [1.82, 2.24) is 0 Å². The molecule has 0 spiro atoms. The van der Waals surface area contributed by atoms with Crippen molar-refractivity contribution in [2.24, 2.45) is 0 Å². The molecule has 5 nitrogen and oxygen atoms in total. The SMILES string of the molecule is O=C1Nc2cc(Cl)c([N+](=O)[O-])cc2/C1=C/c1cccc(Br)c1. The van der Waals surface area contributed by atoms with Crippen LogP contribution in [0.1, 0.15) is 11.1 Å². The van der Waals surface area contributed by atoms with Crippen LogP contribution in [0.15, 0.2) is 40.9 Å². The summed E-state index contributed by atoms with van der Waals surface area (Å²) in [5.41, 5.74) is 1.90. The number of anilines is 1. The molecule has 0 aromatic heterocycles. The van der Waals surface area contributed by atoms with Gasteiger partial charge in [0.15, 0.2) is 0 Å². The second-order valence-electron chi connectivity index (χ2n) is 4.67. The quantitative estimate of drug-likeness (QED) is 0.474. The molecule has 1 heterocycles. The minimum atomic E-state index is -0.567. The molecule has 0 fully saturated rings. The molecule has 0 saturated carbocycles. The molecule has 7 heteroatoms. The smallest absolute Gasteiger partial charge is 0.288 e. The second-order valence-corrected chi connectivity index (χ2v) is 6.00. The van der Waals surface area contributed by atoms with E-state index in [1.54, 1.807) is 6.08 Å².